The van der Waals surface area contributed by atoms with Crippen molar-refractivity contribution >= 4 is 17.6 Å². The van der Waals surface area contributed by atoms with E-state index >= 15 is 0 Å². The third-order valence-electron chi connectivity index (χ3n) is 4.55. The van der Waals surface area contributed by atoms with Gasteiger partial charge in [-0.05, 0) is 25.0 Å². The van der Waals surface area contributed by atoms with Crippen LogP contribution in [0.3, 0.4) is 0 Å². The lowest BCUT2D eigenvalue weighted by Crippen LogP contribution is -2.30. The molecule has 1 N–H and O–H groups in total. The summed E-state index contributed by atoms with van der Waals surface area (Å²) in [7, 11) is 0. The molecule has 0 saturated heterocycles. The number of aryl methyl sites for hydroxylation is 1. The van der Waals surface area contributed by atoms with Crippen LogP contribution in [0.15, 0.2) is 66.5 Å². The van der Waals surface area contributed by atoms with E-state index in [0.717, 1.165) is 16.7 Å². The number of carbonyl (C=O) groups excluding carboxylic acids is 1. The van der Waals surface area contributed by atoms with Crippen LogP contribution in [0.2, 0.25) is 0 Å². The fourth-order valence-corrected chi connectivity index (χ4v) is 3.28. The fraction of sp³-hybridized carbons (Fsp3) is 0.190. The SMILES string of the molecule is CCOC(=O)C1=C(c2ccccc2)Nc2ncnn2[C@@H]1c1ccc(C)cc1. The van der Waals surface area contributed by atoms with Crippen molar-refractivity contribution in [3.8, 4) is 0 Å². The molecule has 4 rings (SSSR count). The number of hydrogen-bond acceptors (Lipinski definition) is 5. The molecule has 0 bridgehead atoms. The summed E-state index contributed by atoms with van der Waals surface area (Å²) in [5.74, 6) is 0.225. The molecule has 0 saturated carbocycles. The minimum atomic E-state index is -0.418. The maximum atomic E-state index is 13.0. The highest BCUT2D eigenvalue weighted by Crippen LogP contribution is 2.38. The third-order valence-corrected chi connectivity index (χ3v) is 4.55. The summed E-state index contributed by atoms with van der Waals surface area (Å²) in [5, 5.41) is 7.62. The second kappa shape index (κ2) is 7.07. The summed E-state index contributed by atoms with van der Waals surface area (Å²) in [4.78, 5) is 17.3. The number of fused-ring (bicyclic) bond motifs is 1. The Hall–Kier alpha value is -3.41. The number of ether oxygens (including phenoxy) is 1. The Morgan fingerprint density at radius 1 is 1.15 bits per heavy atom. The topological polar surface area (TPSA) is 69.0 Å². The van der Waals surface area contributed by atoms with E-state index in [-0.39, 0.29) is 5.97 Å². The highest BCUT2D eigenvalue weighted by Gasteiger charge is 2.36. The highest BCUT2D eigenvalue weighted by atomic mass is 16.5. The van der Waals surface area contributed by atoms with Crippen LogP contribution in [-0.4, -0.2) is 27.3 Å². The summed E-state index contributed by atoms with van der Waals surface area (Å²) >= 11 is 0. The van der Waals surface area contributed by atoms with E-state index in [1.54, 1.807) is 11.6 Å². The van der Waals surface area contributed by atoms with Gasteiger partial charge in [-0.2, -0.15) is 10.1 Å². The summed E-state index contributed by atoms with van der Waals surface area (Å²) < 4.78 is 7.13. The van der Waals surface area contributed by atoms with Crippen LogP contribution in [0.25, 0.3) is 5.70 Å². The average molecular weight is 360 g/mol. The van der Waals surface area contributed by atoms with Gasteiger partial charge >= 0.3 is 5.97 Å². The van der Waals surface area contributed by atoms with Gasteiger partial charge in [0, 0.05) is 0 Å². The molecular weight excluding hydrogens is 340 g/mol. The molecule has 6 nitrogen and oxygen atoms in total. The van der Waals surface area contributed by atoms with E-state index in [1.807, 2.05) is 61.5 Å². The summed E-state index contributed by atoms with van der Waals surface area (Å²) in [6.45, 7) is 4.14. The first-order valence-corrected chi connectivity index (χ1v) is 8.89. The van der Waals surface area contributed by atoms with E-state index in [0.29, 0.717) is 23.8 Å². The van der Waals surface area contributed by atoms with Gasteiger partial charge in [-0.15, -0.1) is 0 Å². The van der Waals surface area contributed by atoms with Crippen molar-refractivity contribution in [3.63, 3.8) is 0 Å². The van der Waals surface area contributed by atoms with Crippen LogP contribution in [0.1, 0.15) is 29.7 Å². The zero-order valence-electron chi connectivity index (χ0n) is 15.2. The van der Waals surface area contributed by atoms with Gasteiger partial charge < -0.3 is 10.1 Å². The summed E-state index contributed by atoms with van der Waals surface area (Å²) in [6.07, 6.45) is 1.49. The van der Waals surface area contributed by atoms with E-state index in [9.17, 15) is 4.79 Å². The Labute approximate surface area is 157 Å². The average Bonchev–Trinajstić information content (AvgIpc) is 3.16. The molecule has 1 atom stereocenters. The number of nitrogens with one attached hydrogen (secondary N) is 1. The number of anilines is 1. The number of aromatic nitrogens is 3. The Balaban J connectivity index is 1.95. The third kappa shape index (κ3) is 3.10. The Morgan fingerprint density at radius 2 is 1.89 bits per heavy atom. The smallest absolute Gasteiger partial charge is 0.338 e. The van der Waals surface area contributed by atoms with Crippen LogP contribution in [0, 0.1) is 6.92 Å². The fourth-order valence-electron chi connectivity index (χ4n) is 3.28. The van der Waals surface area contributed by atoms with E-state index in [4.69, 9.17) is 4.74 Å². The highest BCUT2D eigenvalue weighted by molar-refractivity contribution is 6.02. The number of benzene rings is 2. The van der Waals surface area contributed by atoms with Crippen molar-refractivity contribution in [2.45, 2.75) is 19.9 Å². The van der Waals surface area contributed by atoms with E-state index in [2.05, 4.69) is 15.4 Å². The van der Waals surface area contributed by atoms with Gasteiger partial charge in [0.1, 0.15) is 12.4 Å². The number of rotatable bonds is 4. The van der Waals surface area contributed by atoms with E-state index in [1.165, 1.54) is 6.33 Å². The van der Waals surface area contributed by atoms with Crippen molar-refractivity contribution < 1.29 is 9.53 Å². The molecule has 3 aromatic rings. The number of esters is 1. The molecule has 0 fully saturated rings. The molecular formula is C21H20N4O2. The predicted octanol–water partition coefficient (Wildman–Crippen LogP) is 3.58. The lowest BCUT2D eigenvalue weighted by Gasteiger charge is -2.29. The van der Waals surface area contributed by atoms with Crippen LogP contribution in [-0.2, 0) is 9.53 Å². The lowest BCUT2D eigenvalue weighted by atomic mass is 9.92. The van der Waals surface area contributed by atoms with Crippen LogP contribution in [0.4, 0.5) is 5.95 Å². The number of carbonyl (C=O) groups is 1. The molecule has 0 spiro atoms. The Bertz CT molecular complexity index is 991. The molecule has 0 unspecified atom stereocenters. The molecule has 0 amide bonds. The zero-order valence-corrected chi connectivity index (χ0v) is 15.2. The minimum absolute atomic E-state index is 0.301. The Kier molecular flexibility index (Phi) is 4.46. The van der Waals surface area contributed by atoms with Crippen molar-refractivity contribution in [2.75, 3.05) is 11.9 Å². The zero-order chi connectivity index (χ0) is 18.8. The first kappa shape index (κ1) is 17.0. The monoisotopic (exact) mass is 360 g/mol. The van der Waals surface area contributed by atoms with Crippen molar-refractivity contribution in [3.05, 3.63) is 83.2 Å². The molecule has 6 heteroatoms. The van der Waals surface area contributed by atoms with Gasteiger partial charge in [0.05, 0.1) is 17.9 Å². The molecule has 2 heterocycles. The van der Waals surface area contributed by atoms with Crippen LogP contribution in [0.5, 0.6) is 0 Å². The van der Waals surface area contributed by atoms with E-state index < -0.39 is 6.04 Å². The quantitative estimate of drug-likeness (QED) is 0.720. The molecule has 0 radical (unpaired) electrons. The second-order valence-electron chi connectivity index (χ2n) is 6.34. The van der Waals surface area contributed by atoms with Crippen LogP contribution >= 0.6 is 0 Å². The molecule has 1 aromatic heterocycles. The first-order chi connectivity index (χ1) is 13.2. The molecule has 27 heavy (non-hydrogen) atoms. The van der Waals surface area contributed by atoms with Gasteiger partial charge in [0.25, 0.3) is 0 Å². The van der Waals surface area contributed by atoms with Gasteiger partial charge in [0.2, 0.25) is 5.95 Å². The van der Waals surface area contributed by atoms with Crippen molar-refractivity contribution in [1.29, 1.82) is 0 Å². The van der Waals surface area contributed by atoms with Gasteiger partial charge in [-0.25, -0.2) is 9.48 Å². The molecule has 1 aliphatic rings. The Morgan fingerprint density at radius 3 is 2.59 bits per heavy atom. The normalized spacial score (nSPS) is 15.9. The first-order valence-electron chi connectivity index (χ1n) is 8.89. The second-order valence-corrected chi connectivity index (χ2v) is 6.34. The largest absolute Gasteiger partial charge is 0.463 e. The number of nitrogens with zero attached hydrogens (tertiary/aromatic N) is 3. The van der Waals surface area contributed by atoms with Gasteiger partial charge in [0.15, 0.2) is 0 Å². The minimum Gasteiger partial charge on any atom is -0.463 e. The lowest BCUT2D eigenvalue weighted by molar-refractivity contribution is -0.138. The van der Waals surface area contributed by atoms with Gasteiger partial charge in [-0.1, -0.05) is 60.2 Å². The maximum absolute atomic E-state index is 13.0. The summed E-state index contributed by atoms with van der Waals surface area (Å²) in [6, 6.07) is 17.4. The van der Waals surface area contributed by atoms with Crippen LogP contribution < -0.4 is 5.32 Å². The van der Waals surface area contributed by atoms with Gasteiger partial charge in [-0.3, -0.25) is 0 Å². The standard InChI is InChI=1S/C21H20N4O2/c1-3-27-20(26)17-18(15-7-5-4-6-8-15)24-21-22-13-23-25(21)19(17)16-11-9-14(2)10-12-16/h4-13,19H,3H2,1-2H3,(H,22,23,24)/t19-/m1/s1. The molecule has 0 aliphatic carbocycles. The van der Waals surface area contributed by atoms with Crippen molar-refractivity contribution in [2.24, 2.45) is 0 Å². The molecule has 1 aliphatic heterocycles. The maximum Gasteiger partial charge on any atom is 0.338 e. The van der Waals surface area contributed by atoms with Crippen molar-refractivity contribution in [1.82, 2.24) is 14.8 Å². The predicted molar refractivity (Wildman–Crippen MR) is 103 cm³/mol. The summed E-state index contributed by atoms with van der Waals surface area (Å²) in [5.41, 5.74) is 4.21. The molecule has 2 aromatic carbocycles. The molecule has 136 valence electrons. The number of hydrogen-bond donors (Lipinski definition) is 1.